The number of aromatic nitrogens is 2. The molecule has 0 aromatic carbocycles. The van der Waals surface area contributed by atoms with Crippen LogP contribution in [-0.2, 0) is 9.47 Å². The third-order valence-electron chi connectivity index (χ3n) is 4.37. The second-order valence-corrected chi connectivity index (χ2v) is 5.71. The fourth-order valence-electron chi connectivity index (χ4n) is 3.12. The highest BCUT2D eigenvalue weighted by atomic mass is 16.7. The van der Waals surface area contributed by atoms with Crippen LogP contribution in [0.3, 0.4) is 0 Å². The van der Waals surface area contributed by atoms with Gasteiger partial charge in [0.2, 0.25) is 5.79 Å². The van der Waals surface area contributed by atoms with E-state index < -0.39 is 41.6 Å². The lowest BCUT2D eigenvalue weighted by Crippen LogP contribution is -2.63. The van der Waals surface area contributed by atoms with Gasteiger partial charge in [0.1, 0.15) is 6.10 Å². The lowest BCUT2D eigenvalue weighted by Gasteiger charge is -2.43. The summed E-state index contributed by atoms with van der Waals surface area (Å²) in [4.78, 5) is 25.6. The molecule has 9 heteroatoms. The van der Waals surface area contributed by atoms with E-state index in [9.17, 15) is 24.9 Å². The first kappa shape index (κ1) is 15.4. The van der Waals surface area contributed by atoms with Crippen LogP contribution in [0.1, 0.15) is 24.6 Å². The van der Waals surface area contributed by atoms with Crippen molar-refractivity contribution in [1.29, 1.82) is 0 Å². The molecule has 0 saturated carbocycles. The van der Waals surface area contributed by atoms with Crippen molar-refractivity contribution in [3.05, 3.63) is 32.6 Å². The Hall–Kier alpha value is -1.52. The van der Waals surface area contributed by atoms with E-state index in [0.717, 1.165) is 4.57 Å². The lowest BCUT2D eigenvalue weighted by atomic mass is 9.82. The zero-order valence-corrected chi connectivity index (χ0v) is 12.0. The standard InChI is InChI=1S/C13H18N2O7/c1-7-5-15(11(18)14-9(7)17)10-13(20)12(19,3-2-4-21-13)8(6-16)22-10/h5,8,10,16,19-20H,2-4,6H2,1H3,(H,14,17,18)/t8-,10-,12-,13-/m1/s1. The van der Waals surface area contributed by atoms with Crippen molar-refractivity contribution >= 4 is 0 Å². The summed E-state index contributed by atoms with van der Waals surface area (Å²) in [7, 11) is 0. The number of rotatable bonds is 2. The average molecular weight is 314 g/mol. The Bertz CT molecular complexity index is 698. The van der Waals surface area contributed by atoms with Gasteiger partial charge >= 0.3 is 5.69 Å². The Kier molecular flexibility index (Phi) is 3.49. The first-order chi connectivity index (χ1) is 10.3. The van der Waals surface area contributed by atoms with Gasteiger partial charge in [-0.3, -0.25) is 14.3 Å². The normalized spacial score (nSPS) is 38.0. The highest BCUT2D eigenvalue weighted by Gasteiger charge is 2.68. The number of nitrogens with zero attached hydrogens (tertiary/aromatic N) is 1. The van der Waals surface area contributed by atoms with E-state index in [1.807, 2.05) is 0 Å². The summed E-state index contributed by atoms with van der Waals surface area (Å²) in [6.45, 7) is 1.12. The molecular formula is C13H18N2O7. The van der Waals surface area contributed by atoms with Crippen LogP contribution in [0.25, 0.3) is 0 Å². The maximum Gasteiger partial charge on any atom is 0.330 e. The van der Waals surface area contributed by atoms with Gasteiger partial charge in [-0.25, -0.2) is 4.79 Å². The molecule has 1 aromatic rings. The van der Waals surface area contributed by atoms with Crippen molar-refractivity contribution in [2.75, 3.05) is 13.2 Å². The number of aromatic amines is 1. The molecule has 1 aromatic heterocycles. The molecule has 22 heavy (non-hydrogen) atoms. The molecule has 0 bridgehead atoms. The van der Waals surface area contributed by atoms with Crippen LogP contribution in [0.15, 0.2) is 15.8 Å². The largest absolute Gasteiger partial charge is 0.394 e. The first-order valence-corrected chi connectivity index (χ1v) is 7.00. The van der Waals surface area contributed by atoms with Gasteiger partial charge in [0.05, 0.1) is 13.2 Å². The fraction of sp³-hybridized carbons (Fsp3) is 0.692. The molecule has 0 amide bonds. The lowest BCUT2D eigenvalue weighted by molar-refractivity contribution is -0.328. The van der Waals surface area contributed by atoms with Crippen LogP contribution >= 0.6 is 0 Å². The van der Waals surface area contributed by atoms with E-state index >= 15 is 0 Å². The number of hydrogen-bond donors (Lipinski definition) is 4. The number of nitrogens with one attached hydrogen (secondary N) is 1. The summed E-state index contributed by atoms with van der Waals surface area (Å²) in [6.07, 6.45) is -0.630. The molecule has 4 N–H and O–H groups in total. The SMILES string of the molecule is Cc1cn([C@@H]2O[C@H](CO)[C@]3(O)CCCO[C@]23O)c(=O)[nH]c1=O. The molecule has 2 aliphatic rings. The first-order valence-electron chi connectivity index (χ1n) is 7.00. The maximum absolute atomic E-state index is 12.0. The molecule has 2 fully saturated rings. The highest BCUT2D eigenvalue weighted by molar-refractivity contribution is 5.11. The number of hydrogen-bond acceptors (Lipinski definition) is 7. The van der Waals surface area contributed by atoms with Gasteiger partial charge in [0, 0.05) is 11.8 Å². The zero-order chi connectivity index (χ0) is 16.1. The Balaban J connectivity index is 2.14. The summed E-state index contributed by atoms with van der Waals surface area (Å²) in [5.41, 5.74) is -2.96. The minimum Gasteiger partial charge on any atom is -0.394 e. The van der Waals surface area contributed by atoms with Crippen molar-refractivity contribution in [3.63, 3.8) is 0 Å². The van der Waals surface area contributed by atoms with E-state index in [2.05, 4.69) is 4.98 Å². The summed E-state index contributed by atoms with van der Waals surface area (Å²) < 4.78 is 11.8. The second-order valence-electron chi connectivity index (χ2n) is 5.71. The van der Waals surface area contributed by atoms with Gasteiger partial charge in [-0.05, 0) is 19.8 Å². The van der Waals surface area contributed by atoms with Crippen molar-refractivity contribution in [1.82, 2.24) is 9.55 Å². The second kappa shape index (κ2) is 5.00. The van der Waals surface area contributed by atoms with Crippen LogP contribution in [-0.4, -0.2) is 55.6 Å². The molecule has 0 radical (unpaired) electrons. The van der Waals surface area contributed by atoms with E-state index in [1.165, 1.54) is 13.1 Å². The molecular weight excluding hydrogens is 296 g/mol. The number of fused-ring (bicyclic) bond motifs is 1. The van der Waals surface area contributed by atoms with Crippen LogP contribution in [0.5, 0.6) is 0 Å². The fourth-order valence-corrected chi connectivity index (χ4v) is 3.12. The monoisotopic (exact) mass is 314 g/mol. The highest BCUT2D eigenvalue weighted by Crippen LogP contribution is 2.50. The van der Waals surface area contributed by atoms with E-state index in [4.69, 9.17) is 9.47 Å². The quantitative estimate of drug-likeness (QED) is 0.494. The Morgan fingerprint density at radius 2 is 2.18 bits per heavy atom. The van der Waals surface area contributed by atoms with E-state index in [0.29, 0.717) is 6.42 Å². The van der Waals surface area contributed by atoms with Gasteiger partial charge in [0.25, 0.3) is 5.56 Å². The molecule has 3 rings (SSSR count). The number of aliphatic hydroxyl groups is 3. The number of aryl methyl sites for hydroxylation is 1. The molecule has 4 atom stereocenters. The molecule has 2 saturated heterocycles. The summed E-state index contributed by atoms with van der Waals surface area (Å²) >= 11 is 0. The zero-order valence-electron chi connectivity index (χ0n) is 12.0. The van der Waals surface area contributed by atoms with Crippen LogP contribution < -0.4 is 11.2 Å². The molecule has 2 aliphatic heterocycles. The smallest absolute Gasteiger partial charge is 0.330 e. The number of ether oxygens (including phenoxy) is 2. The van der Waals surface area contributed by atoms with Crippen LogP contribution in [0.2, 0.25) is 0 Å². The average Bonchev–Trinajstić information content (AvgIpc) is 2.71. The minimum absolute atomic E-state index is 0.155. The molecule has 0 spiro atoms. The maximum atomic E-state index is 12.0. The summed E-state index contributed by atoms with van der Waals surface area (Å²) in [6, 6.07) is 0. The van der Waals surface area contributed by atoms with Crippen molar-refractivity contribution in [2.45, 2.75) is 43.5 Å². The van der Waals surface area contributed by atoms with Gasteiger partial charge in [-0.2, -0.15) is 0 Å². The van der Waals surface area contributed by atoms with E-state index in [1.54, 1.807) is 0 Å². The predicted octanol–water partition coefficient (Wildman–Crippen LogP) is -2.04. The Labute approximate surface area is 124 Å². The topological polar surface area (TPSA) is 134 Å². The molecule has 0 aliphatic carbocycles. The predicted molar refractivity (Wildman–Crippen MR) is 72.1 cm³/mol. The van der Waals surface area contributed by atoms with Gasteiger partial charge in [-0.15, -0.1) is 0 Å². The number of H-pyrrole nitrogens is 1. The van der Waals surface area contributed by atoms with Crippen molar-refractivity contribution in [3.8, 4) is 0 Å². The Morgan fingerprint density at radius 1 is 1.45 bits per heavy atom. The Morgan fingerprint density at radius 3 is 2.86 bits per heavy atom. The molecule has 0 unspecified atom stereocenters. The van der Waals surface area contributed by atoms with Crippen LogP contribution in [0.4, 0.5) is 0 Å². The van der Waals surface area contributed by atoms with Crippen molar-refractivity contribution in [2.24, 2.45) is 0 Å². The molecule has 122 valence electrons. The van der Waals surface area contributed by atoms with Crippen LogP contribution in [0, 0.1) is 6.92 Å². The van der Waals surface area contributed by atoms with Gasteiger partial charge in [0.15, 0.2) is 11.8 Å². The van der Waals surface area contributed by atoms with Gasteiger partial charge < -0.3 is 24.8 Å². The van der Waals surface area contributed by atoms with Crippen molar-refractivity contribution < 1.29 is 24.8 Å². The number of aliphatic hydroxyl groups excluding tert-OH is 1. The third-order valence-corrected chi connectivity index (χ3v) is 4.37. The molecule has 3 heterocycles. The molecule has 9 nitrogen and oxygen atoms in total. The third kappa shape index (κ3) is 1.90. The summed E-state index contributed by atoms with van der Waals surface area (Å²) in [5.74, 6) is -2.19. The van der Waals surface area contributed by atoms with E-state index in [-0.39, 0.29) is 18.6 Å². The van der Waals surface area contributed by atoms with Gasteiger partial charge in [-0.1, -0.05) is 0 Å². The summed E-state index contributed by atoms with van der Waals surface area (Å²) in [5, 5.41) is 31.0. The minimum atomic E-state index is -2.19.